The third kappa shape index (κ3) is 5.87. The van der Waals surface area contributed by atoms with Crippen LogP contribution in [-0.2, 0) is 10.0 Å². The second kappa shape index (κ2) is 10.8. The molecule has 0 aliphatic carbocycles. The molecule has 0 spiro atoms. The van der Waals surface area contributed by atoms with Gasteiger partial charge in [0.2, 0.25) is 10.0 Å². The second-order valence-electron chi connectivity index (χ2n) is 7.88. The van der Waals surface area contributed by atoms with Crippen molar-refractivity contribution in [3.05, 3.63) is 101 Å². The van der Waals surface area contributed by atoms with Gasteiger partial charge in [-0.15, -0.1) is 11.8 Å². The van der Waals surface area contributed by atoms with Crippen LogP contribution < -0.4 is 0 Å². The van der Waals surface area contributed by atoms with E-state index in [0.29, 0.717) is 23.9 Å². The Balaban J connectivity index is 1.54. The smallest absolute Gasteiger partial charge is 0.207 e. The van der Waals surface area contributed by atoms with Gasteiger partial charge < -0.3 is 0 Å². The summed E-state index contributed by atoms with van der Waals surface area (Å²) in [6.45, 7) is 2.95. The molecule has 0 amide bonds. The maximum absolute atomic E-state index is 13.3. The summed E-state index contributed by atoms with van der Waals surface area (Å²) < 4.78 is 28.2. The molecule has 1 fully saturated rings. The van der Waals surface area contributed by atoms with Gasteiger partial charge in [0.1, 0.15) is 0 Å². The van der Waals surface area contributed by atoms with E-state index < -0.39 is 10.0 Å². The minimum atomic E-state index is -3.51. The summed E-state index contributed by atoms with van der Waals surface area (Å²) >= 11 is 3.51. The van der Waals surface area contributed by atoms with Crippen molar-refractivity contribution in [1.82, 2.24) is 4.31 Å². The van der Waals surface area contributed by atoms with Crippen LogP contribution in [0.1, 0.15) is 12.0 Å². The lowest BCUT2D eigenvalue weighted by molar-refractivity contribution is 0.355. The molecule has 0 radical (unpaired) electrons. The fourth-order valence-corrected chi connectivity index (χ4v) is 7.08. The Kier molecular flexibility index (Phi) is 7.79. The molecule has 0 aromatic heterocycles. The van der Waals surface area contributed by atoms with E-state index in [4.69, 9.17) is 0 Å². The lowest BCUT2D eigenvalue weighted by atomic mass is 9.95. The predicted molar refractivity (Wildman–Crippen MR) is 136 cm³/mol. The van der Waals surface area contributed by atoms with Crippen molar-refractivity contribution < 1.29 is 8.42 Å². The number of nitrogens with zero attached hydrogens (tertiary/aromatic N) is 1. The number of hydrogen-bond donors (Lipinski definition) is 0. The van der Waals surface area contributed by atoms with Crippen LogP contribution >= 0.6 is 23.5 Å². The lowest BCUT2D eigenvalue weighted by Crippen LogP contribution is -2.40. The summed E-state index contributed by atoms with van der Waals surface area (Å²) in [5, 5.41) is 2.17. The molecule has 3 aromatic rings. The molecule has 1 aliphatic rings. The van der Waals surface area contributed by atoms with Crippen LogP contribution in [0.25, 0.3) is 0 Å². The van der Waals surface area contributed by atoms with E-state index in [0.717, 1.165) is 22.6 Å². The van der Waals surface area contributed by atoms with E-state index in [1.807, 2.05) is 55.1 Å². The first-order valence-electron chi connectivity index (χ1n) is 10.7. The third-order valence-corrected chi connectivity index (χ3v) is 9.55. The van der Waals surface area contributed by atoms with Gasteiger partial charge in [-0.2, -0.15) is 4.31 Å². The molecule has 166 valence electrons. The Morgan fingerprint density at radius 1 is 0.906 bits per heavy atom. The minimum Gasteiger partial charge on any atom is -0.207 e. The predicted octanol–water partition coefficient (Wildman–Crippen LogP) is 6.47. The molecule has 1 aliphatic heterocycles. The van der Waals surface area contributed by atoms with Gasteiger partial charge in [0, 0.05) is 28.6 Å². The average Bonchev–Trinajstić information content (AvgIpc) is 2.83. The Bertz CT molecular complexity index is 1140. The van der Waals surface area contributed by atoms with E-state index in [9.17, 15) is 8.42 Å². The number of hydrogen-bond acceptors (Lipinski definition) is 4. The highest BCUT2D eigenvalue weighted by Crippen LogP contribution is 2.34. The van der Waals surface area contributed by atoms with Crippen LogP contribution in [0.3, 0.4) is 0 Å². The largest absolute Gasteiger partial charge is 0.243 e. The highest BCUT2D eigenvalue weighted by Gasteiger charge is 2.32. The van der Waals surface area contributed by atoms with Crippen LogP contribution in [0.15, 0.2) is 111 Å². The molecule has 1 saturated heterocycles. The van der Waals surface area contributed by atoms with Crippen molar-refractivity contribution in [2.45, 2.75) is 28.0 Å². The van der Waals surface area contributed by atoms with Gasteiger partial charge in [0.05, 0.1) is 4.90 Å². The fourth-order valence-electron chi connectivity index (χ4n) is 3.64. The summed E-state index contributed by atoms with van der Waals surface area (Å²) in [4.78, 5) is 2.78. The summed E-state index contributed by atoms with van der Waals surface area (Å²) in [6, 6.07) is 27.8. The first kappa shape index (κ1) is 23.2. The van der Waals surface area contributed by atoms with Gasteiger partial charge in [-0.3, -0.25) is 0 Å². The van der Waals surface area contributed by atoms with Crippen molar-refractivity contribution in [1.29, 1.82) is 0 Å². The Morgan fingerprint density at radius 2 is 1.53 bits per heavy atom. The van der Waals surface area contributed by atoms with Crippen LogP contribution in [0.4, 0.5) is 0 Å². The standard InChI is InChI=1S/C26H27NO2S3/c1-21-12-14-26(15-13-21)32(28,29)27-17-16-22(19-30-24-8-4-2-5-9-24)23(18-27)20-31-25-10-6-3-7-11-25/h2-15,20,22H,16-19H2,1H3/b23-20+. The summed E-state index contributed by atoms with van der Waals surface area (Å²) in [7, 11) is -3.51. The number of piperidine rings is 1. The molecule has 3 nitrogen and oxygen atoms in total. The summed E-state index contributed by atoms with van der Waals surface area (Å²) in [6.07, 6.45) is 0.826. The number of thioether (sulfide) groups is 2. The number of rotatable bonds is 7. The average molecular weight is 482 g/mol. The van der Waals surface area contributed by atoms with E-state index in [-0.39, 0.29) is 0 Å². The van der Waals surface area contributed by atoms with Crippen LogP contribution in [0.2, 0.25) is 0 Å². The molecule has 0 N–H and O–H groups in total. The molecular formula is C26H27NO2S3. The Morgan fingerprint density at radius 3 is 2.19 bits per heavy atom. The molecule has 1 atom stereocenters. The quantitative estimate of drug-likeness (QED) is 0.362. The minimum absolute atomic E-state index is 0.348. The van der Waals surface area contributed by atoms with Crippen LogP contribution in [0, 0.1) is 12.8 Å². The summed E-state index contributed by atoms with van der Waals surface area (Å²) in [5.74, 6) is 1.30. The van der Waals surface area contributed by atoms with E-state index >= 15 is 0 Å². The van der Waals surface area contributed by atoms with Gasteiger partial charge in [0.25, 0.3) is 0 Å². The fraction of sp³-hybridized carbons (Fsp3) is 0.231. The lowest BCUT2D eigenvalue weighted by Gasteiger charge is -2.33. The van der Waals surface area contributed by atoms with E-state index in [2.05, 4.69) is 41.8 Å². The van der Waals surface area contributed by atoms with Gasteiger partial charge in [-0.05, 0) is 66.6 Å². The monoisotopic (exact) mass is 481 g/mol. The second-order valence-corrected chi connectivity index (χ2v) is 11.9. The SMILES string of the molecule is Cc1ccc(S(=O)(=O)N2CCC(CSc3ccccc3)/C(=C/Sc3ccccc3)C2)cc1. The van der Waals surface area contributed by atoms with Gasteiger partial charge in [-0.25, -0.2) is 8.42 Å². The Labute approximate surface area is 200 Å². The van der Waals surface area contributed by atoms with Crippen LogP contribution in [-0.4, -0.2) is 31.6 Å². The number of aryl methyl sites for hydroxylation is 1. The maximum Gasteiger partial charge on any atom is 0.243 e. The topological polar surface area (TPSA) is 37.4 Å². The molecular weight excluding hydrogens is 454 g/mol. The molecule has 32 heavy (non-hydrogen) atoms. The molecule has 4 rings (SSSR count). The molecule has 0 saturated carbocycles. The van der Waals surface area contributed by atoms with E-state index in [1.54, 1.807) is 28.2 Å². The third-order valence-electron chi connectivity index (χ3n) is 5.55. The number of benzene rings is 3. The van der Waals surface area contributed by atoms with Crippen molar-refractivity contribution in [2.75, 3.05) is 18.8 Å². The zero-order valence-corrected chi connectivity index (χ0v) is 20.5. The van der Waals surface area contributed by atoms with Gasteiger partial charge in [0.15, 0.2) is 0 Å². The first-order valence-corrected chi connectivity index (χ1v) is 14.0. The molecule has 1 unspecified atom stereocenters. The van der Waals surface area contributed by atoms with Gasteiger partial charge in [-0.1, -0.05) is 65.9 Å². The van der Waals surface area contributed by atoms with Crippen molar-refractivity contribution in [3.63, 3.8) is 0 Å². The zero-order chi connectivity index (χ0) is 22.4. The van der Waals surface area contributed by atoms with Crippen molar-refractivity contribution in [3.8, 4) is 0 Å². The Hall–Kier alpha value is -1.99. The summed E-state index contributed by atoms with van der Waals surface area (Å²) in [5.41, 5.74) is 2.24. The molecule has 6 heteroatoms. The highest BCUT2D eigenvalue weighted by molar-refractivity contribution is 8.02. The van der Waals surface area contributed by atoms with Gasteiger partial charge >= 0.3 is 0 Å². The zero-order valence-electron chi connectivity index (χ0n) is 18.1. The number of sulfonamides is 1. The normalized spacial score (nSPS) is 18.7. The molecule has 3 aromatic carbocycles. The maximum atomic E-state index is 13.3. The highest BCUT2D eigenvalue weighted by atomic mass is 32.2. The van der Waals surface area contributed by atoms with Crippen molar-refractivity contribution in [2.24, 2.45) is 5.92 Å². The van der Waals surface area contributed by atoms with Crippen molar-refractivity contribution >= 4 is 33.5 Å². The van der Waals surface area contributed by atoms with E-state index in [1.165, 1.54) is 10.5 Å². The first-order chi connectivity index (χ1) is 15.5. The molecule has 0 bridgehead atoms. The molecule has 1 heterocycles. The van der Waals surface area contributed by atoms with Crippen LogP contribution in [0.5, 0.6) is 0 Å².